The molecule has 24 heavy (non-hydrogen) atoms. The molecule has 1 aliphatic rings. The summed E-state index contributed by atoms with van der Waals surface area (Å²) in [7, 11) is 0. The van der Waals surface area contributed by atoms with Crippen LogP contribution in [0.4, 0.5) is 4.79 Å². The molecular formula is C17H21ClN4O2. The molecule has 1 aromatic carbocycles. The Morgan fingerprint density at radius 2 is 2.12 bits per heavy atom. The maximum absolute atomic E-state index is 12.2. The highest BCUT2D eigenvalue weighted by atomic mass is 35.5. The summed E-state index contributed by atoms with van der Waals surface area (Å²) in [5.41, 5.74) is 0. The van der Waals surface area contributed by atoms with Crippen molar-refractivity contribution < 1.29 is 9.53 Å². The van der Waals surface area contributed by atoms with Crippen LogP contribution in [0, 0.1) is 0 Å². The lowest BCUT2D eigenvalue weighted by Crippen LogP contribution is -2.47. The van der Waals surface area contributed by atoms with Crippen LogP contribution in [-0.4, -0.2) is 46.2 Å². The lowest BCUT2D eigenvalue weighted by molar-refractivity contribution is 0.111. The number of hydrogen-bond donors (Lipinski definition) is 1. The highest BCUT2D eigenvalue weighted by Crippen LogP contribution is 2.26. The Kier molecular flexibility index (Phi) is 5.59. The smallest absolute Gasteiger partial charge is 0.317 e. The maximum atomic E-state index is 12.2. The third-order valence-corrected chi connectivity index (χ3v) is 4.38. The Morgan fingerprint density at radius 3 is 2.83 bits per heavy atom. The standard InChI is InChI=1S/C17H21ClN4O2/c18-15-3-1-2-4-16(15)24-14-5-9-22(10-6-14)17(23)20-8-12-21-11-7-19-13-21/h1-4,7,11,13-14H,5-6,8-10,12H2,(H,20,23). The van der Waals surface area contributed by atoms with Crippen molar-refractivity contribution in [3.05, 3.63) is 48.0 Å². The number of amides is 2. The van der Waals surface area contributed by atoms with E-state index in [0.717, 1.165) is 19.4 Å². The van der Waals surface area contributed by atoms with Crippen molar-refractivity contribution in [2.75, 3.05) is 19.6 Å². The molecule has 2 aromatic rings. The van der Waals surface area contributed by atoms with Crippen LogP contribution in [0.5, 0.6) is 5.75 Å². The zero-order chi connectivity index (χ0) is 16.8. The van der Waals surface area contributed by atoms with Crippen molar-refractivity contribution in [2.45, 2.75) is 25.5 Å². The molecule has 2 amide bonds. The summed E-state index contributed by atoms with van der Waals surface area (Å²) in [6.07, 6.45) is 7.05. The lowest BCUT2D eigenvalue weighted by Gasteiger charge is -2.32. The fraction of sp³-hybridized carbons (Fsp3) is 0.412. The van der Waals surface area contributed by atoms with Gasteiger partial charge >= 0.3 is 6.03 Å². The molecule has 0 radical (unpaired) electrons. The minimum absolute atomic E-state index is 0.0219. The molecule has 6 nitrogen and oxygen atoms in total. The first-order valence-electron chi connectivity index (χ1n) is 8.12. The second kappa shape index (κ2) is 8.06. The molecule has 7 heteroatoms. The number of likely N-dealkylation sites (tertiary alicyclic amines) is 1. The largest absolute Gasteiger partial charge is 0.489 e. The van der Waals surface area contributed by atoms with Gasteiger partial charge in [0, 0.05) is 51.4 Å². The van der Waals surface area contributed by atoms with E-state index < -0.39 is 0 Å². The minimum atomic E-state index is -0.0219. The van der Waals surface area contributed by atoms with E-state index in [9.17, 15) is 4.79 Å². The number of para-hydroxylation sites is 1. The SMILES string of the molecule is O=C(NCCn1ccnc1)N1CCC(Oc2ccccc2Cl)CC1. The van der Waals surface area contributed by atoms with Crippen molar-refractivity contribution >= 4 is 17.6 Å². The van der Waals surface area contributed by atoms with E-state index in [1.807, 2.05) is 39.9 Å². The van der Waals surface area contributed by atoms with Crippen molar-refractivity contribution in [2.24, 2.45) is 0 Å². The van der Waals surface area contributed by atoms with E-state index in [1.54, 1.807) is 12.5 Å². The van der Waals surface area contributed by atoms with Crippen molar-refractivity contribution in [3.8, 4) is 5.75 Å². The predicted molar refractivity (Wildman–Crippen MR) is 92.3 cm³/mol. The molecule has 0 aliphatic carbocycles. The van der Waals surface area contributed by atoms with Crippen LogP contribution in [0.1, 0.15) is 12.8 Å². The van der Waals surface area contributed by atoms with Gasteiger partial charge < -0.3 is 19.5 Å². The van der Waals surface area contributed by atoms with Gasteiger partial charge in [0.25, 0.3) is 0 Å². The molecule has 1 aliphatic heterocycles. The van der Waals surface area contributed by atoms with Gasteiger partial charge in [0.1, 0.15) is 11.9 Å². The monoisotopic (exact) mass is 348 g/mol. The number of halogens is 1. The number of carbonyl (C=O) groups excluding carboxylic acids is 1. The molecule has 1 N–H and O–H groups in total. The maximum Gasteiger partial charge on any atom is 0.317 e. The number of aromatic nitrogens is 2. The molecule has 1 aromatic heterocycles. The molecule has 0 atom stereocenters. The van der Waals surface area contributed by atoms with Crippen LogP contribution in [0.15, 0.2) is 43.0 Å². The first-order chi connectivity index (χ1) is 11.7. The van der Waals surface area contributed by atoms with Gasteiger partial charge in [-0.25, -0.2) is 9.78 Å². The number of hydrogen-bond acceptors (Lipinski definition) is 3. The summed E-state index contributed by atoms with van der Waals surface area (Å²) >= 11 is 6.12. The molecule has 1 saturated heterocycles. The summed E-state index contributed by atoms with van der Waals surface area (Å²) in [6.45, 7) is 2.68. The van der Waals surface area contributed by atoms with E-state index in [4.69, 9.17) is 16.3 Å². The summed E-state index contributed by atoms with van der Waals surface area (Å²) in [4.78, 5) is 18.0. The topological polar surface area (TPSA) is 59.4 Å². The first kappa shape index (κ1) is 16.6. The second-order valence-electron chi connectivity index (χ2n) is 5.77. The van der Waals surface area contributed by atoms with E-state index in [0.29, 0.717) is 30.4 Å². The van der Waals surface area contributed by atoms with Crippen LogP contribution in [0.2, 0.25) is 5.02 Å². The molecule has 2 heterocycles. The number of carbonyl (C=O) groups is 1. The molecule has 0 spiro atoms. The van der Waals surface area contributed by atoms with Crippen molar-refractivity contribution in [1.82, 2.24) is 19.8 Å². The van der Waals surface area contributed by atoms with Gasteiger partial charge in [-0.15, -0.1) is 0 Å². The summed E-state index contributed by atoms with van der Waals surface area (Å²) in [5.74, 6) is 0.711. The Morgan fingerprint density at radius 1 is 1.33 bits per heavy atom. The van der Waals surface area contributed by atoms with Crippen LogP contribution in [0.25, 0.3) is 0 Å². The molecule has 3 rings (SSSR count). The van der Waals surface area contributed by atoms with Gasteiger partial charge in [-0.1, -0.05) is 23.7 Å². The first-order valence-corrected chi connectivity index (χ1v) is 8.50. The van der Waals surface area contributed by atoms with Gasteiger partial charge in [0.15, 0.2) is 0 Å². The Hall–Kier alpha value is -2.21. The van der Waals surface area contributed by atoms with Gasteiger partial charge in [-0.3, -0.25) is 0 Å². The van der Waals surface area contributed by atoms with Gasteiger partial charge in [0.2, 0.25) is 0 Å². The number of rotatable bonds is 5. The quantitative estimate of drug-likeness (QED) is 0.903. The molecule has 0 bridgehead atoms. The number of imidazole rings is 1. The normalized spacial score (nSPS) is 15.3. The summed E-state index contributed by atoms with van der Waals surface area (Å²) < 4.78 is 7.88. The highest BCUT2D eigenvalue weighted by molar-refractivity contribution is 6.32. The summed E-state index contributed by atoms with van der Waals surface area (Å²) in [5, 5.41) is 3.56. The number of piperidine rings is 1. The van der Waals surface area contributed by atoms with E-state index in [-0.39, 0.29) is 12.1 Å². The number of nitrogens with zero attached hydrogens (tertiary/aromatic N) is 3. The average Bonchev–Trinajstić information content (AvgIpc) is 3.11. The number of nitrogens with one attached hydrogen (secondary N) is 1. The highest BCUT2D eigenvalue weighted by Gasteiger charge is 2.24. The van der Waals surface area contributed by atoms with Crippen LogP contribution < -0.4 is 10.1 Å². The molecule has 0 unspecified atom stereocenters. The van der Waals surface area contributed by atoms with Gasteiger partial charge in [0.05, 0.1) is 11.3 Å². The van der Waals surface area contributed by atoms with Crippen LogP contribution in [-0.2, 0) is 6.54 Å². The zero-order valence-corrected chi connectivity index (χ0v) is 14.2. The Balaban J connectivity index is 1.39. The Labute approximate surface area is 146 Å². The molecular weight excluding hydrogens is 328 g/mol. The third kappa shape index (κ3) is 4.41. The van der Waals surface area contributed by atoms with E-state index in [1.165, 1.54) is 0 Å². The van der Waals surface area contributed by atoms with Crippen LogP contribution >= 0.6 is 11.6 Å². The zero-order valence-electron chi connectivity index (χ0n) is 13.4. The average molecular weight is 349 g/mol. The lowest BCUT2D eigenvalue weighted by atomic mass is 10.1. The number of urea groups is 1. The number of ether oxygens (including phenoxy) is 1. The Bertz CT molecular complexity index is 654. The third-order valence-electron chi connectivity index (χ3n) is 4.06. The summed E-state index contributed by atoms with van der Waals surface area (Å²) in [6, 6.07) is 7.46. The molecule has 1 fully saturated rings. The van der Waals surface area contributed by atoms with Crippen LogP contribution in [0.3, 0.4) is 0 Å². The molecule has 128 valence electrons. The fourth-order valence-corrected chi connectivity index (χ4v) is 2.90. The van der Waals surface area contributed by atoms with Crippen molar-refractivity contribution in [1.29, 1.82) is 0 Å². The fourth-order valence-electron chi connectivity index (χ4n) is 2.72. The van der Waals surface area contributed by atoms with Gasteiger partial charge in [-0.2, -0.15) is 0 Å². The number of benzene rings is 1. The minimum Gasteiger partial charge on any atom is -0.489 e. The molecule has 0 saturated carbocycles. The van der Waals surface area contributed by atoms with E-state index in [2.05, 4.69) is 10.3 Å². The van der Waals surface area contributed by atoms with E-state index >= 15 is 0 Å². The van der Waals surface area contributed by atoms with Crippen molar-refractivity contribution in [3.63, 3.8) is 0 Å². The van der Waals surface area contributed by atoms with Gasteiger partial charge in [-0.05, 0) is 12.1 Å². The predicted octanol–water partition coefficient (Wildman–Crippen LogP) is 2.79. The second-order valence-corrected chi connectivity index (χ2v) is 6.17.